The molecule has 4 aliphatic heterocycles. The Bertz CT molecular complexity index is 331. The summed E-state index contributed by atoms with van der Waals surface area (Å²) in [4.78, 5) is 14.0. The van der Waals surface area contributed by atoms with Crippen molar-refractivity contribution in [1.82, 2.24) is 4.90 Å². The van der Waals surface area contributed by atoms with Crippen LogP contribution in [0.3, 0.4) is 0 Å². The lowest BCUT2D eigenvalue weighted by atomic mass is 9.57. The number of carbonyl (C=O) groups is 1. The Balaban J connectivity index is 2.01. The van der Waals surface area contributed by atoms with Crippen molar-refractivity contribution >= 4 is 5.97 Å². The number of hydrogen-bond acceptors (Lipinski definition) is 4. The van der Waals surface area contributed by atoms with E-state index in [0.29, 0.717) is 19.6 Å². The number of hydrogen-bond donors (Lipinski definition) is 2. The average molecular weight is 241 g/mol. The Morgan fingerprint density at radius 2 is 2.06 bits per heavy atom. The molecule has 17 heavy (non-hydrogen) atoms. The molecule has 0 spiro atoms. The molecule has 5 heteroatoms. The molecule has 0 aromatic carbocycles. The predicted molar refractivity (Wildman–Crippen MR) is 59.6 cm³/mol. The van der Waals surface area contributed by atoms with Crippen molar-refractivity contribution in [3.05, 3.63) is 0 Å². The number of piperidine rings is 3. The quantitative estimate of drug-likeness (QED) is 0.708. The molecule has 5 nitrogen and oxygen atoms in total. The number of rotatable bonds is 2. The van der Waals surface area contributed by atoms with Crippen LogP contribution < -0.4 is 0 Å². The van der Waals surface area contributed by atoms with Crippen molar-refractivity contribution in [2.24, 2.45) is 11.3 Å². The van der Waals surface area contributed by atoms with Gasteiger partial charge in [0.1, 0.15) is 11.0 Å². The lowest BCUT2D eigenvalue weighted by molar-refractivity contribution is -0.200. The number of carboxylic acids is 1. The zero-order valence-corrected chi connectivity index (χ0v) is 9.89. The normalized spacial score (nSPS) is 49.5. The number of nitrogens with zero attached hydrogens (tertiary/aromatic N) is 1. The van der Waals surface area contributed by atoms with Crippen LogP contribution in [0.4, 0.5) is 0 Å². The van der Waals surface area contributed by atoms with Crippen molar-refractivity contribution in [2.45, 2.75) is 24.9 Å². The van der Waals surface area contributed by atoms with Gasteiger partial charge < -0.3 is 19.8 Å². The Labute approximate surface area is 100 Å². The molecule has 2 atom stereocenters. The first-order valence-electron chi connectivity index (χ1n) is 6.34. The molecular weight excluding hydrogens is 222 g/mol. The van der Waals surface area contributed by atoms with Crippen LogP contribution in [-0.2, 0) is 9.53 Å². The minimum absolute atomic E-state index is 0.0942. The van der Waals surface area contributed by atoms with Crippen LogP contribution in [0.1, 0.15) is 19.3 Å². The van der Waals surface area contributed by atoms with Crippen LogP contribution in [0.25, 0.3) is 0 Å². The topological polar surface area (TPSA) is 70.0 Å². The van der Waals surface area contributed by atoms with Gasteiger partial charge >= 0.3 is 5.97 Å². The Morgan fingerprint density at radius 1 is 1.35 bits per heavy atom. The second-order valence-corrected chi connectivity index (χ2v) is 5.66. The van der Waals surface area contributed by atoms with E-state index in [0.717, 1.165) is 25.9 Å². The third kappa shape index (κ3) is 1.39. The molecule has 0 amide bonds. The highest BCUT2D eigenvalue weighted by atomic mass is 16.5. The van der Waals surface area contributed by atoms with E-state index < -0.39 is 17.0 Å². The van der Waals surface area contributed by atoms with E-state index in [9.17, 15) is 15.0 Å². The van der Waals surface area contributed by atoms with Gasteiger partial charge in [0.15, 0.2) is 0 Å². The van der Waals surface area contributed by atoms with E-state index in [4.69, 9.17) is 4.74 Å². The molecule has 0 aromatic rings. The highest BCUT2D eigenvalue weighted by Crippen LogP contribution is 2.51. The lowest BCUT2D eigenvalue weighted by Gasteiger charge is -2.56. The second kappa shape index (κ2) is 3.67. The van der Waals surface area contributed by atoms with Crippen LogP contribution >= 0.6 is 0 Å². The first-order valence-corrected chi connectivity index (χ1v) is 6.34. The van der Waals surface area contributed by atoms with Crippen LogP contribution in [-0.4, -0.2) is 59.5 Å². The van der Waals surface area contributed by atoms with Crippen molar-refractivity contribution < 1.29 is 19.7 Å². The molecule has 0 saturated carbocycles. The number of fused-ring (bicyclic) bond motifs is 3. The van der Waals surface area contributed by atoms with Gasteiger partial charge in [-0.3, -0.25) is 4.79 Å². The maximum absolute atomic E-state index is 11.8. The summed E-state index contributed by atoms with van der Waals surface area (Å²) in [7, 11) is 0. The van der Waals surface area contributed by atoms with Crippen LogP contribution in [0.2, 0.25) is 0 Å². The van der Waals surface area contributed by atoms with Gasteiger partial charge in [-0.05, 0) is 31.8 Å². The Hall–Kier alpha value is -0.650. The van der Waals surface area contributed by atoms with E-state index in [2.05, 4.69) is 4.90 Å². The molecular formula is C12H19NO4. The summed E-state index contributed by atoms with van der Waals surface area (Å²) in [5, 5.41) is 20.4. The summed E-state index contributed by atoms with van der Waals surface area (Å²) >= 11 is 0. The molecule has 4 fully saturated rings. The van der Waals surface area contributed by atoms with E-state index in [1.165, 1.54) is 0 Å². The summed E-state index contributed by atoms with van der Waals surface area (Å²) in [6.45, 7) is 3.06. The summed E-state index contributed by atoms with van der Waals surface area (Å²) < 4.78 is 5.26. The van der Waals surface area contributed by atoms with Crippen LogP contribution in [0.15, 0.2) is 0 Å². The fourth-order valence-electron chi connectivity index (χ4n) is 3.94. The van der Waals surface area contributed by atoms with Gasteiger partial charge in [-0.25, -0.2) is 0 Å². The smallest absolute Gasteiger partial charge is 0.314 e. The lowest BCUT2D eigenvalue weighted by Crippen LogP contribution is -2.68. The number of aliphatic hydroxyl groups is 1. The molecule has 4 rings (SSSR count). The molecule has 0 radical (unpaired) electrons. The molecule has 2 bridgehead atoms. The minimum Gasteiger partial charge on any atom is -0.481 e. The zero-order valence-electron chi connectivity index (χ0n) is 9.89. The predicted octanol–water partition coefficient (Wildman–Crippen LogP) is -0.0656. The Morgan fingerprint density at radius 3 is 2.47 bits per heavy atom. The number of aliphatic carboxylic acids is 1. The minimum atomic E-state index is -1.18. The van der Waals surface area contributed by atoms with E-state index >= 15 is 0 Å². The fraction of sp³-hybridized carbons (Fsp3) is 0.917. The SMILES string of the molecule is O=C(O)C1(C2(O)CCOC2)CN2CCC1CC2. The first-order chi connectivity index (χ1) is 8.08. The van der Waals surface area contributed by atoms with E-state index in [-0.39, 0.29) is 12.5 Å². The molecule has 4 aliphatic rings. The standard InChI is InChI=1S/C12H19NO4/c14-10(15)12(11(16)3-6-17-8-11)7-13-4-1-9(12)2-5-13/h9,16H,1-8H2,(H,14,15). The molecule has 2 unspecified atom stereocenters. The molecule has 4 heterocycles. The first kappa shape index (κ1) is 11.4. The maximum atomic E-state index is 11.8. The zero-order chi connectivity index (χ0) is 12.1. The number of ether oxygens (including phenoxy) is 1. The summed E-state index contributed by atoms with van der Waals surface area (Å²) in [5.41, 5.74) is -2.19. The highest BCUT2D eigenvalue weighted by Gasteiger charge is 2.64. The van der Waals surface area contributed by atoms with Gasteiger partial charge in [-0.15, -0.1) is 0 Å². The van der Waals surface area contributed by atoms with Crippen molar-refractivity contribution in [1.29, 1.82) is 0 Å². The van der Waals surface area contributed by atoms with Gasteiger partial charge in [0, 0.05) is 19.6 Å². The van der Waals surface area contributed by atoms with Crippen molar-refractivity contribution in [3.63, 3.8) is 0 Å². The number of carboxylic acid groups (broad SMARTS) is 1. The third-order valence-corrected chi connectivity index (χ3v) is 4.97. The molecule has 96 valence electrons. The van der Waals surface area contributed by atoms with Crippen molar-refractivity contribution in [2.75, 3.05) is 32.8 Å². The van der Waals surface area contributed by atoms with E-state index in [1.807, 2.05) is 0 Å². The van der Waals surface area contributed by atoms with Crippen molar-refractivity contribution in [3.8, 4) is 0 Å². The van der Waals surface area contributed by atoms with E-state index in [1.54, 1.807) is 0 Å². The van der Waals surface area contributed by atoms with Crippen LogP contribution in [0, 0.1) is 11.3 Å². The molecule has 2 N–H and O–H groups in total. The summed E-state index contributed by atoms with van der Waals surface area (Å²) in [6, 6.07) is 0. The van der Waals surface area contributed by atoms with Gasteiger partial charge in [-0.2, -0.15) is 0 Å². The summed E-state index contributed by atoms with van der Waals surface area (Å²) in [6.07, 6.45) is 2.22. The second-order valence-electron chi connectivity index (χ2n) is 5.66. The van der Waals surface area contributed by atoms with Gasteiger partial charge in [0.2, 0.25) is 0 Å². The third-order valence-electron chi connectivity index (χ3n) is 4.97. The monoisotopic (exact) mass is 241 g/mol. The largest absolute Gasteiger partial charge is 0.481 e. The fourth-order valence-corrected chi connectivity index (χ4v) is 3.94. The maximum Gasteiger partial charge on any atom is 0.314 e. The molecule has 0 aromatic heterocycles. The highest BCUT2D eigenvalue weighted by molar-refractivity contribution is 5.78. The van der Waals surface area contributed by atoms with Gasteiger partial charge in [0.25, 0.3) is 0 Å². The summed E-state index contributed by atoms with van der Waals surface area (Å²) in [5.74, 6) is -0.753. The molecule has 4 saturated heterocycles. The molecule has 0 aliphatic carbocycles. The van der Waals surface area contributed by atoms with Gasteiger partial charge in [-0.1, -0.05) is 0 Å². The van der Waals surface area contributed by atoms with Crippen LogP contribution in [0.5, 0.6) is 0 Å². The van der Waals surface area contributed by atoms with Gasteiger partial charge in [0.05, 0.1) is 6.61 Å². The Kier molecular flexibility index (Phi) is 2.47. The average Bonchev–Trinajstić information content (AvgIpc) is 2.78.